The Bertz CT molecular complexity index is 195. The first-order valence-corrected chi connectivity index (χ1v) is 6.79. The summed E-state index contributed by atoms with van der Waals surface area (Å²) in [6.07, 6.45) is 2.78. The summed E-state index contributed by atoms with van der Waals surface area (Å²) in [6.45, 7) is 14.2. The Morgan fingerprint density at radius 3 is 2.62 bits per heavy atom. The van der Waals surface area contributed by atoms with Gasteiger partial charge in [0.25, 0.3) is 0 Å². The Labute approximate surface area is 102 Å². The van der Waals surface area contributed by atoms with Crippen molar-refractivity contribution in [3.63, 3.8) is 0 Å². The quantitative estimate of drug-likeness (QED) is 0.793. The minimum atomic E-state index is 0.427. The van der Waals surface area contributed by atoms with E-state index in [9.17, 15) is 0 Å². The van der Waals surface area contributed by atoms with Gasteiger partial charge in [0.05, 0.1) is 0 Å². The molecule has 0 spiro atoms. The molecule has 16 heavy (non-hydrogen) atoms. The first-order chi connectivity index (χ1) is 7.39. The third-order valence-electron chi connectivity index (χ3n) is 4.08. The first-order valence-electron chi connectivity index (χ1n) is 6.79. The van der Waals surface area contributed by atoms with Crippen LogP contribution in [-0.4, -0.2) is 38.1 Å². The van der Waals surface area contributed by atoms with Crippen molar-refractivity contribution < 1.29 is 0 Å². The zero-order chi connectivity index (χ0) is 12.2. The third kappa shape index (κ3) is 4.84. The van der Waals surface area contributed by atoms with E-state index < -0.39 is 0 Å². The molecule has 1 rings (SSSR count). The average molecular weight is 226 g/mol. The topological polar surface area (TPSA) is 15.3 Å². The molecule has 2 nitrogen and oxygen atoms in total. The molecule has 2 unspecified atom stereocenters. The van der Waals surface area contributed by atoms with Crippen molar-refractivity contribution in [1.29, 1.82) is 0 Å². The number of nitrogens with zero attached hydrogens (tertiary/aromatic N) is 1. The maximum absolute atomic E-state index is 3.66. The van der Waals surface area contributed by atoms with Crippen molar-refractivity contribution in [2.75, 3.05) is 33.2 Å². The summed E-state index contributed by atoms with van der Waals surface area (Å²) >= 11 is 0. The molecule has 2 atom stereocenters. The van der Waals surface area contributed by atoms with Crippen LogP contribution >= 0.6 is 0 Å². The van der Waals surface area contributed by atoms with Gasteiger partial charge in [0, 0.05) is 6.54 Å². The van der Waals surface area contributed by atoms with E-state index in [1.54, 1.807) is 0 Å². The van der Waals surface area contributed by atoms with Gasteiger partial charge in [0.2, 0.25) is 0 Å². The lowest BCUT2D eigenvalue weighted by atomic mass is 9.82. The van der Waals surface area contributed by atoms with E-state index >= 15 is 0 Å². The number of rotatable bonds is 4. The number of nitrogens with one attached hydrogen (secondary N) is 1. The molecule has 0 aromatic carbocycles. The number of likely N-dealkylation sites (tertiary alicyclic amines) is 1. The smallest absolute Gasteiger partial charge is 0.00187 e. The molecule has 1 heterocycles. The fourth-order valence-corrected chi connectivity index (χ4v) is 2.25. The minimum absolute atomic E-state index is 0.427. The molecular formula is C14H30N2. The Morgan fingerprint density at radius 2 is 2.06 bits per heavy atom. The SMILES string of the molecule is CC(CNCC1CCCN(C)C1)C(C)(C)C. The van der Waals surface area contributed by atoms with Gasteiger partial charge in [-0.05, 0) is 56.8 Å². The van der Waals surface area contributed by atoms with Crippen molar-refractivity contribution in [3.05, 3.63) is 0 Å². The van der Waals surface area contributed by atoms with Crippen LogP contribution in [0.1, 0.15) is 40.5 Å². The van der Waals surface area contributed by atoms with Gasteiger partial charge in [0.1, 0.15) is 0 Å². The second-order valence-corrected chi connectivity index (χ2v) is 6.70. The van der Waals surface area contributed by atoms with Crippen LogP contribution in [0, 0.1) is 17.3 Å². The van der Waals surface area contributed by atoms with Crippen molar-refractivity contribution in [2.45, 2.75) is 40.5 Å². The standard InChI is InChI=1S/C14H30N2/c1-12(14(2,3)4)9-15-10-13-7-6-8-16(5)11-13/h12-13,15H,6-11H2,1-5H3. The molecular weight excluding hydrogens is 196 g/mol. The highest BCUT2D eigenvalue weighted by molar-refractivity contribution is 4.75. The average Bonchev–Trinajstić information content (AvgIpc) is 2.16. The predicted octanol–water partition coefficient (Wildman–Crippen LogP) is 2.60. The van der Waals surface area contributed by atoms with Crippen LogP contribution in [0.3, 0.4) is 0 Å². The first kappa shape index (κ1) is 14.0. The fourth-order valence-electron chi connectivity index (χ4n) is 2.25. The molecule has 0 radical (unpaired) electrons. The molecule has 2 heteroatoms. The monoisotopic (exact) mass is 226 g/mol. The van der Waals surface area contributed by atoms with E-state index in [2.05, 4.69) is 45.0 Å². The number of piperidine rings is 1. The summed E-state index contributed by atoms with van der Waals surface area (Å²) in [5.41, 5.74) is 0.427. The molecule has 0 aromatic heterocycles. The highest BCUT2D eigenvalue weighted by Crippen LogP contribution is 2.24. The van der Waals surface area contributed by atoms with E-state index in [-0.39, 0.29) is 0 Å². The van der Waals surface area contributed by atoms with Crippen molar-refractivity contribution in [3.8, 4) is 0 Å². The molecule has 1 N–H and O–H groups in total. The Morgan fingerprint density at radius 1 is 1.38 bits per heavy atom. The summed E-state index contributed by atoms with van der Waals surface area (Å²) in [4.78, 5) is 2.46. The van der Waals surface area contributed by atoms with Crippen LogP contribution < -0.4 is 5.32 Å². The van der Waals surface area contributed by atoms with Crippen molar-refractivity contribution in [2.24, 2.45) is 17.3 Å². The highest BCUT2D eigenvalue weighted by atomic mass is 15.1. The van der Waals surface area contributed by atoms with Gasteiger partial charge in [0.15, 0.2) is 0 Å². The molecule has 1 saturated heterocycles. The molecule has 0 saturated carbocycles. The largest absolute Gasteiger partial charge is 0.316 e. The normalized spacial score (nSPS) is 25.7. The molecule has 96 valence electrons. The van der Waals surface area contributed by atoms with Gasteiger partial charge >= 0.3 is 0 Å². The lowest BCUT2D eigenvalue weighted by Crippen LogP contribution is -2.39. The second-order valence-electron chi connectivity index (χ2n) is 6.70. The molecule has 0 bridgehead atoms. The maximum atomic E-state index is 3.66. The molecule has 1 aliphatic rings. The van der Waals surface area contributed by atoms with E-state index in [1.165, 1.54) is 32.5 Å². The number of hydrogen-bond donors (Lipinski definition) is 1. The summed E-state index contributed by atoms with van der Waals surface area (Å²) < 4.78 is 0. The van der Waals surface area contributed by atoms with Crippen LogP contribution in [0.5, 0.6) is 0 Å². The van der Waals surface area contributed by atoms with E-state index in [1.807, 2.05) is 0 Å². The van der Waals surface area contributed by atoms with E-state index in [0.717, 1.165) is 18.4 Å². The number of hydrogen-bond acceptors (Lipinski definition) is 2. The van der Waals surface area contributed by atoms with Crippen LogP contribution in [0.4, 0.5) is 0 Å². The summed E-state index contributed by atoms with van der Waals surface area (Å²) in [5.74, 6) is 1.61. The summed E-state index contributed by atoms with van der Waals surface area (Å²) in [7, 11) is 2.24. The van der Waals surface area contributed by atoms with Gasteiger partial charge < -0.3 is 10.2 Å². The minimum Gasteiger partial charge on any atom is -0.316 e. The second kappa shape index (κ2) is 6.02. The molecule has 0 aliphatic carbocycles. The van der Waals surface area contributed by atoms with Crippen molar-refractivity contribution in [1.82, 2.24) is 10.2 Å². The maximum Gasteiger partial charge on any atom is 0.00187 e. The van der Waals surface area contributed by atoms with Gasteiger partial charge in [-0.3, -0.25) is 0 Å². The van der Waals surface area contributed by atoms with E-state index in [4.69, 9.17) is 0 Å². The fraction of sp³-hybridized carbons (Fsp3) is 1.00. The summed E-state index contributed by atoms with van der Waals surface area (Å²) in [5, 5.41) is 3.66. The van der Waals surface area contributed by atoms with Crippen molar-refractivity contribution >= 4 is 0 Å². The van der Waals surface area contributed by atoms with Gasteiger partial charge in [-0.2, -0.15) is 0 Å². The van der Waals surface area contributed by atoms with Crippen LogP contribution in [0.25, 0.3) is 0 Å². The molecule has 1 aliphatic heterocycles. The molecule has 1 fully saturated rings. The Balaban J connectivity index is 2.15. The lowest BCUT2D eigenvalue weighted by molar-refractivity contribution is 0.196. The van der Waals surface area contributed by atoms with Gasteiger partial charge in [-0.15, -0.1) is 0 Å². The van der Waals surface area contributed by atoms with Crippen LogP contribution in [0.2, 0.25) is 0 Å². The summed E-state index contributed by atoms with van der Waals surface area (Å²) in [6, 6.07) is 0. The third-order valence-corrected chi connectivity index (χ3v) is 4.08. The Kier molecular flexibility index (Phi) is 5.26. The van der Waals surface area contributed by atoms with Gasteiger partial charge in [-0.1, -0.05) is 27.7 Å². The molecule has 0 aromatic rings. The van der Waals surface area contributed by atoms with Crippen LogP contribution in [-0.2, 0) is 0 Å². The van der Waals surface area contributed by atoms with Crippen LogP contribution in [0.15, 0.2) is 0 Å². The molecule has 0 amide bonds. The van der Waals surface area contributed by atoms with E-state index in [0.29, 0.717) is 5.41 Å². The Hall–Kier alpha value is -0.0800. The highest BCUT2D eigenvalue weighted by Gasteiger charge is 2.21. The zero-order valence-electron chi connectivity index (χ0n) is 11.8. The lowest BCUT2D eigenvalue weighted by Gasteiger charge is -2.31. The predicted molar refractivity (Wildman–Crippen MR) is 71.7 cm³/mol. The zero-order valence-corrected chi connectivity index (χ0v) is 11.8. The van der Waals surface area contributed by atoms with Gasteiger partial charge in [-0.25, -0.2) is 0 Å².